The second-order valence-corrected chi connectivity index (χ2v) is 3.28. The Morgan fingerprint density at radius 3 is 2.85 bits per heavy atom. The highest BCUT2D eigenvalue weighted by Crippen LogP contribution is 2.22. The molecule has 0 unspecified atom stereocenters. The van der Waals surface area contributed by atoms with Gasteiger partial charge in [0.05, 0.1) is 6.54 Å². The van der Waals surface area contributed by atoms with Crippen molar-refractivity contribution in [3.63, 3.8) is 0 Å². The van der Waals surface area contributed by atoms with Gasteiger partial charge in [-0.15, -0.1) is 0 Å². The summed E-state index contributed by atoms with van der Waals surface area (Å²) in [5.74, 6) is -0.894. The van der Waals surface area contributed by atoms with Crippen molar-refractivity contribution in [1.82, 2.24) is 4.90 Å². The Balaban J connectivity index is 2.46. The van der Waals surface area contributed by atoms with Crippen LogP contribution in [-0.2, 0) is 4.79 Å². The zero-order valence-electron chi connectivity index (χ0n) is 7.38. The van der Waals surface area contributed by atoms with Crippen molar-refractivity contribution in [3.8, 4) is 0 Å². The summed E-state index contributed by atoms with van der Waals surface area (Å²) in [4.78, 5) is 12.5. The van der Waals surface area contributed by atoms with Crippen LogP contribution in [0.1, 0.15) is 12.8 Å². The van der Waals surface area contributed by atoms with E-state index in [1.165, 1.54) is 4.90 Å². The smallest absolute Gasteiger partial charge is 0.243 e. The van der Waals surface area contributed by atoms with Crippen LogP contribution < -0.4 is 5.73 Å². The summed E-state index contributed by atoms with van der Waals surface area (Å²) in [6.45, 7) is 0.642. The molecule has 13 heavy (non-hydrogen) atoms. The summed E-state index contributed by atoms with van der Waals surface area (Å²) in [5.41, 5.74) is 5.15. The van der Waals surface area contributed by atoms with Crippen molar-refractivity contribution >= 4 is 5.91 Å². The van der Waals surface area contributed by atoms with Gasteiger partial charge in [-0.1, -0.05) is 0 Å². The van der Waals surface area contributed by atoms with Crippen LogP contribution in [-0.4, -0.2) is 36.9 Å². The number of rotatable bonds is 2. The highest BCUT2D eigenvalue weighted by Gasteiger charge is 2.28. The molecule has 1 aliphatic heterocycles. The fourth-order valence-corrected chi connectivity index (χ4v) is 1.57. The standard InChI is InChI=1S/C8H14F2N2O/c9-8(10)6-2-1-3-12(5-6)7(13)4-11/h6,8H,1-5,11H2/t6-/m0/s1. The van der Waals surface area contributed by atoms with Crippen molar-refractivity contribution in [2.75, 3.05) is 19.6 Å². The molecule has 1 amide bonds. The highest BCUT2D eigenvalue weighted by molar-refractivity contribution is 5.78. The summed E-state index contributed by atoms with van der Waals surface area (Å²) < 4.78 is 24.6. The lowest BCUT2D eigenvalue weighted by Gasteiger charge is -2.32. The minimum Gasteiger partial charge on any atom is -0.341 e. The Labute approximate surface area is 75.9 Å². The van der Waals surface area contributed by atoms with E-state index in [2.05, 4.69) is 0 Å². The predicted molar refractivity (Wildman–Crippen MR) is 44.4 cm³/mol. The minimum atomic E-state index is -2.33. The molecule has 5 heteroatoms. The van der Waals surface area contributed by atoms with E-state index >= 15 is 0 Å². The molecule has 1 aliphatic rings. The highest BCUT2D eigenvalue weighted by atomic mass is 19.3. The third kappa shape index (κ3) is 2.62. The number of nitrogens with zero attached hydrogens (tertiary/aromatic N) is 1. The maximum atomic E-state index is 12.3. The molecule has 0 aromatic rings. The number of piperidine rings is 1. The summed E-state index contributed by atoms with van der Waals surface area (Å²) in [5, 5.41) is 0. The number of carbonyl (C=O) groups is 1. The van der Waals surface area contributed by atoms with Crippen LogP contribution in [0.15, 0.2) is 0 Å². The van der Waals surface area contributed by atoms with Crippen LogP contribution in [0.5, 0.6) is 0 Å². The molecule has 0 radical (unpaired) electrons. The first-order chi connectivity index (χ1) is 6.15. The monoisotopic (exact) mass is 192 g/mol. The van der Waals surface area contributed by atoms with Gasteiger partial charge in [-0.25, -0.2) is 8.78 Å². The second-order valence-electron chi connectivity index (χ2n) is 3.28. The zero-order chi connectivity index (χ0) is 9.84. The maximum Gasteiger partial charge on any atom is 0.243 e. The lowest BCUT2D eigenvalue weighted by Crippen LogP contribution is -2.44. The van der Waals surface area contributed by atoms with E-state index in [-0.39, 0.29) is 19.0 Å². The first-order valence-electron chi connectivity index (χ1n) is 4.41. The molecule has 0 bridgehead atoms. The SMILES string of the molecule is NCC(=O)N1CCC[C@H](C(F)F)C1. The van der Waals surface area contributed by atoms with Gasteiger partial charge in [0.2, 0.25) is 12.3 Å². The predicted octanol–water partition coefficient (Wildman–Crippen LogP) is 0.449. The second kappa shape index (κ2) is 4.50. The minimum absolute atomic E-state index is 0.0873. The van der Waals surface area contributed by atoms with Gasteiger partial charge in [-0.2, -0.15) is 0 Å². The van der Waals surface area contributed by atoms with Crippen LogP contribution >= 0.6 is 0 Å². The van der Waals surface area contributed by atoms with Crippen molar-refractivity contribution in [2.45, 2.75) is 19.3 Å². The van der Waals surface area contributed by atoms with Crippen LogP contribution in [0.4, 0.5) is 8.78 Å². The van der Waals surface area contributed by atoms with Gasteiger partial charge in [0.15, 0.2) is 0 Å². The van der Waals surface area contributed by atoms with E-state index in [0.717, 1.165) is 0 Å². The van der Waals surface area contributed by atoms with Gasteiger partial charge in [0.1, 0.15) is 0 Å². The van der Waals surface area contributed by atoms with Gasteiger partial charge >= 0.3 is 0 Å². The van der Waals surface area contributed by atoms with Crippen LogP contribution in [0.25, 0.3) is 0 Å². The summed E-state index contributed by atoms with van der Waals surface area (Å²) in [7, 11) is 0. The Kier molecular flexibility index (Phi) is 3.59. The average Bonchev–Trinajstić information content (AvgIpc) is 2.17. The van der Waals surface area contributed by atoms with E-state index in [0.29, 0.717) is 19.4 Å². The van der Waals surface area contributed by atoms with Crippen molar-refractivity contribution in [3.05, 3.63) is 0 Å². The summed E-state index contributed by atoms with van der Waals surface area (Å²) in [6.07, 6.45) is -1.17. The van der Waals surface area contributed by atoms with Gasteiger partial charge in [-0.3, -0.25) is 4.79 Å². The van der Waals surface area contributed by atoms with E-state index in [9.17, 15) is 13.6 Å². The maximum absolute atomic E-state index is 12.3. The third-order valence-corrected chi connectivity index (χ3v) is 2.34. The molecule has 1 rings (SSSR count). The molecule has 2 N–H and O–H groups in total. The van der Waals surface area contributed by atoms with Gasteiger partial charge < -0.3 is 10.6 Å². The topological polar surface area (TPSA) is 46.3 Å². The Hall–Kier alpha value is -0.710. The van der Waals surface area contributed by atoms with Crippen LogP contribution in [0, 0.1) is 5.92 Å². The van der Waals surface area contributed by atoms with Gasteiger partial charge in [0, 0.05) is 19.0 Å². The Bertz CT molecular complexity index is 187. The molecular weight excluding hydrogens is 178 g/mol. The molecule has 0 aromatic carbocycles. The normalized spacial score (nSPS) is 23.7. The number of hydrogen-bond donors (Lipinski definition) is 1. The molecule has 0 spiro atoms. The van der Waals surface area contributed by atoms with E-state index in [1.807, 2.05) is 0 Å². The lowest BCUT2D eigenvalue weighted by atomic mass is 9.98. The molecular formula is C8H14F2N2O. The van der Waals surface area contributed by atoms with Crippen molar-refractivity contribution in [1.29, 1.82) is 0 Å². The fraction of sp³-hybridized carbons (Fsp3) is 0.875. The van der Waals surface area contributed by atoms with E-state index in [1.54, 1.807) is 0 Å². The lowest BCUT2D eigenvalue weighted by molar-refractivity contribution is -0.132. The van der Waals surface area contributed by atoms with E-state index < -0.39 is 12.3 Å². The fourth-order valence-electron chi connectivity index (χ4n) is 1.57. The first-order valence-corrected chi connectivity index (χ1v) is 4.41. The molecule has 1 saturated heterocycles. The molecule has 1 heterocycles. The third-order valence-electron chi connectivity index (χ3n) is 2.34. The van der Waals surface area contributed by atoms with Crippen LogP contribution in [0.2, 0.25) is 0 Å². The number of nitrogens with two attached hydrogens (primary N) is 1. The largest absolute Gasteiger partial charge is 0.341 e. The van der Waals surface area contributed by atoms with Crippen molar-refractivity contribution < 1.29 is 13.6 Å². The van der Waals surface area contributed by atoms with Crippen molar-refractivity contribution in [2.24, 2.45) is 11.7 Å². The van der Waals surface area contributed by atoms with E-state index in [4.69, 9.17) is 5.73 Å². The summed E-state index contributed by atoms with van der Waals surface area (Å²) in [6, 6.07) is 0. The molecule has 3 nitrogen and oxygen atoms in total. The number of hydrogen-bond acceptors (Lipinski definition) is 2. The molecule has 0 aliphatic carbocycles. The number of halogens is 2. The molecule has 1 fully saturated rings. The van der Waals surface area contributed by atoms with Gasteiger partial charge in [-0.05, 0) is 12.8 Å². The number of amides is 1. The van der Waals surface area contributed by atoms with Gasteiger partial charge in [0.25, 0.3) is 0 Å². The quantitative estimate of drug-likeness (QED) is 0.690. The molecule has 76 valence electrons. The summed E-state index contributed by atoms with van der Waals surface area (Å²) >= 11 is 0. The molecule has 0 saturated carbocycles. The number of carbonyl (C=O) groups excluding carboxylic acids is 1. The average molecular weight is 192 g/mol. The Morgan fingerprint density at radius 1 is 1.62 bits per heavy atom. The molecule has 0 aromatic heterocycles. The number of alkyl halides is 2. The molecule has 1 atom stereocenters. The first kappa shape index (κ1) is 10.4. The number of likely N-dealkylation sites (tertiary alicyclic amines) is 1. The van der Waals surface area contributed by atoms with Crippen LogP contribution in [0.3, 0.4) is 0 Å². The Morgan fingerprint density at radius 2 is 2.31 bits per heavy atom. The zero-order valence-corrected chi connectivity index (χ0v) is 7.38.